The minimum atomic E-state index is -0.971. The molecule has 3 aromatic heterocycles. The highest BCUT2D eigenvalue weighted by atomic mass is 32.1. The highest BCUT2D eigenvalue weighted by Gasteiger charge is 2.45. The summed E-state index contributed by atoms with van der Waals surface area (Å²) in [5.41, 5.74) is 3.77. The number of halogens is 2. The Balaban J connectivity index is 1.29. The summed E-state index contributed by atoms with van der Waals surface area (Å²) >= 11 is 1.24. The van der Waals surface area contributed by atoms with E-state index >= 15 is 0 Å². The molecule has 4 aromatic rings. The molecule has 7 rings (SSSR count). The molecule has 1 unspecified atom stereocenters. The highest BCUT2D eigenvalue weighted by Crippen LogP contribution is 2.49. The summed E-state index contributed by atoms with van der Waals surface area (Å²) in [5, 5.41) is 11.2. The first kappa shape index (κ1) is 28.7. The zero-order chi connectivity index (χ0) is 30.4. The Morgan fingerprint density at radius 1 is 1.07 bits per heavy atom. The van der Waals surface area contributed by atoms with Crippen LogP contribution in [0.4, 0.5) is 8.78 Å². The van der Waals surface area contributed by atoms with Gasteiger partial charge in [-0.3, -0.25) is 14.6 Å². The average molecular weight is 620 g/mol. The fourth-order valence-corrected chi connectivity index (χ4v) is 7.43. The standard InChI is InChI=1S/C32H31F2N5O4S/c1-17-37-38-31(43-17)26-22(10-8-19-5-2-3-14-42-19)36-29-23-6-4-13-39(23)32(41)28(29)27(26)24-11-12-25(44-24)30(40)35-16-18-7-9-20(33)21(34)15-18/h7,9,11-12,15,19,23H,2-6,8,10,13-14,16H2,1H3,(H,35,40)/t19?,23-/m0/s1. The van der Waals surface area contributed by atoms with E-state index in [1.165, 1.54) is 17.4 Å². The molecule has 0 saturated carbocycles. The fourth-order valence-electron chi connectivity index (χ4n) is 6.45. The van der Waals surface area contributed by atoms with Gasteiger partial charge in [0, 0.05) is 37.1 Å². The molecule has 2 amide bonds. The Bertz CT molecular complexity index is 1750. The maximum atomic E-state index is 13.9. The summed E-state index contributed by atoms with van der Waals surface area (Å²) < 4.78 is 39.0. The van der Waals surface area contributed by atoms with Crippen molar-refractivity contribution in [2.24, 2.45) is 0 Å². The van der Waals surface area contributed by atoms with Gasteiger partial charge in [0.05, 0.1) is 39.5 Å². The van der Waals surface area contributed by atoms with Crippen LogP contribution in [0, 0.1) is 18.6 Å². The molecule has 0 radical (unpaired) electrons. The maximum Gasteiger partial charge on any atom is 0.261 e. The molecule has 44 heavy (non-hydrogen) atoms. The van der Waals surface area contributed by atoms with E-state index in [-0.39, 0.29) is 36.4 Å². The molecule has 2 atom stereocenters. The number of thiophene rings is 1. The largest absolute Gasteiger partial charge is 0.421 e. The van der Waals surface area contributed by atoms with Crippen molar-refractivity contribution >= 4 is 23.2 Å². The van der Waals surface area contributed by atoms with E-state index in [0.717, 1.165) is 68.7 Å². The van der Waals surface area contributed by atoms with Crippen molar-refractivity contribution in [3.8, 4) is 21.9 Å². The lowest BCUT2D eigenvalue weighted by Crippen LogP contribution is -2.23. The molecule has 3 aliphatic heterocycles. The topological polar surface area (TPSA) is 110 Å². The molecular weight excluding hydrogens is 588 g/mol. The number of rotatable bonds is 8. The van der Waals surface area contributed by atoms with Crippen LogP contribution >= 0.6 is 11.3 Å². The minimum absolute atomic E-state index is 0.0307. The molecular formula is C32H31F2N5O4S. The highest BCUT2D eigenvalue weighted by molar-refractivity contribution is 7.17. The van der Waals surface area contributed by atoms with Crippen molar-refractivity contribution in [1.82, 2.24) is 25.4 Å². The van der Waals surface area contributed by atoms with Crippen LogP contribution in [-0.2, 0) is 17.7 Å². The third kappa shape index (κ3) is 5.30. The van der Waals surface area contributed by atoms with Gasteiger partial charge >= 0.3 is 0 Å². The van der Waals surface area contributed by atoms with E-state index < -0.39 is 11.6 Å². The van der Waals surface area contributed by atoms with Crippen LogP contribution in [0.2, 0.25) is 0 Å². The first-order chi connectivity index (χ1) is 21.4. The summed E-state index contributed by atoms with van der Waals surface area (Å²) in [4.78, 5) is 35.2. The Morgan fingerprint density at radius 2 is 1.95 bits per heavy atom. The number of amides is 2. The molecule has 9 nitrogen and oxygen atoms in total. The quantitative estimate of drug-likeness (QED) is 0.251. The van der Waals surface area contributed by atoms with Gasteiger partial charge in [-0.2, -0.15) is 0 Å². The molecule has 0 aliphatic carbocycles. The van der Waals surface area contributed by atoms with Gasteiger partial charge in [-0.15, -0.1) is 21.5 Å². The second-order valence-electron chi connectivity index (χ2n) is 11.5. The molecule has 6 heterocycles. The van der Waals surface area contributed by atoms with E-state index in [0.29, 0.717) is 50.9 Å². The van der Waals surface area contributed by atoms with Crippen LogP contribution in [0.5, 0.6) is 0 Å². The number of aryl methyl sites for hydroxylation is 2. The van der Waals surface area contributed by atoms with Crippen molar-refractivity contribution in [1.29, 1.82) is 0 Å². The maximum absolute atomic E-state index is 13.9. The van der Waals surface area contributed by atoms with E-state index in [2.05, 4.69) is 15.5 Å². The van der Waals surface area contributed by atoms with Crippen molar-refractivity contribution in [2.75, 3.05) is 13.2 Å². The number of nitrogens with one attached hydrogen (secondary N) is 1. The van der Waals surface area contributed by atoms with Crippen LogP contribution in [0.25, 0.3) is 21.9 Å². The molecule has 228 valence electrons. The van der Waals surface area contributed by atoms with Gasteiger partial charge in [-0.1, -0.05) is 6.07 Å². The van der Waals surface area contributed by atoms with Crippen molar-refractivity contribution in [3.05, 3.63) is 75.2 Å². The zero-order valence-electron chi connectivity index (χ0n) is 24.2. The number of aromatic nitrogens is 3. The van der Waals surface area contributed by atoms with Gasteiger partial charge < -0.3 is 19.4 Å². The number of carbonyl (C=O) groups excluding carboxylic acids is 2. The van der Waals surface area contributed by atoms with Crippen molar-refractivity contribution < 1.29 is 27.5 Å². The summed E-state index contributed by atoms with van der Waals surface area (Å²) in [6.07, 6.45) is 6.47. The normalized spacial score (nSPS) is 19.3. The third-order valence-corrected chi connectivity index (χ3v) is 9.68. The number of ether oxygens (including phenoxy) is 1. The third-order valence-electron chi connectivity index (χ3n) is 8.57. The van der Waals surface area contributed by atoms with Crippen LogP contribution in [0.15, 0.2) is 34.7 Å². The summed E-state index contributed by atoms with van der Waals surface area (Å²) in [7, 11) is 0. The molecule has 2 saturated heterocycles. The number of fused-ring (bicyclic) bond motifs is 3. The van der Waals surface area contributed by atoms with Gasteiger partial charge in [0.1, 0.15) is 0 Å². The van der Waals surface area contributed by atoms with Gasteiger partial charge in [0.25, 0.3) is 11.8 Å². The Kier molecular flexibility index (Phi) is 7.71. The Labute approximate surface area is 256 Å². The summed E-state index contributed by atoms with van der Waals surface area (Å²) in [6.45, 7) is 3.17. The molecule has 12 heteroatoms. The van der Waals surface area contributed by atoms with E-state index in [1.54, 1.807) is 13.0 Å². The molecule has 1 aromatic carbocycles. The first-order valence-corrected chi connectivity index (χ1v) is 15.8. The lowest BCUT2D eigenvalue weighted by atomic mass is 9.92. The lowest BCUT2D eigenvalue weighted by Gasteiger charge is -2.23. The smallest absolute Gasteiger partial charge is 0.261 e. The zero-order valence-corrected chi connectivity index (χ0v) is 25.0. The lowest BCUT2D eigenvalue weighted by molar-refractivity contribution is 0.0114. The molecule has 1 N–H and O–H groups in total. The summed E-state index contributed by atoms with van der Waals surface area (Å²) in [6, 6.07) is 6.96. The van der Waals surface area contributed by atoms with Crippen LogP contribution in [0.3, 0.4) is 0 Å². The SMILES string of the molecule is Cc1nnc(-c2c(CCC3CCCCO3)nc3c(c2-c2ccc(C(=O)NCc4ccc(F)c(F)c4)s2)C(=O)N2CCC[C@@H]32)o1. The van der Waals surface area contributed by atoms with Gasteiger partial charge in [-0.25, -0.2) is 8.78 Å². The molecule has 2 fully saturated rings. The average Bonchev–Trinajstić information content (AvgIpc) is 3.84. The monoisotopic (exact) mass is 619 g/mol. The number of hydrogen-bond acceptors (Lipinski definition) is 8. The van der Waals surface area contributed by atoms with Crippen molar-refractivity contribution in [3.63, 3.8) is 0 Å². The fraction of sp³-hybridized carbons (Fsp3) is 0.406. The Hall–Kier alpha value is -4.03. The van der Waals surface area contributed by atoms with Crippen LogP contribution < -0.4 is 5.32 Å². The van der Waals surface area contributed by atoms with Gasteiger partial charge in [-0.05, 0) is 74.8 Å². The first-order valence-electron chi connectivity index (χ1n) is 15.0. The molecule has 3 aliphatic rings. The predicted molar refractivity (Wildman–Crippen MR) is 158 cm³/mol. The summed E-state index contributed by atoms with van der Waals surface area (Å²) in [5.74, 6) is -1.69. The van der Waals surface area contributed by atoms with E-state index in [1.807, 2.05) is 11.0 Å². The minimum Gasteiger partial charge on any atom is -0.421 e. The number of carbonyl (C=O) groups is 2. The number of pyridine rings is 1. The van der Waals surface area contributed by atoms with E-state index in [9.17, 15) is 18.4 Å². The van der Waals surface area contributed by atoms with Gasteiger partial charge in [0.15, 0.2) is 11.6 Å². The molecule has 0 bridgehead atoms. The molecule has 0 spiro atoms. The van der Waals surface area contributed by atoms with Crippen LogP contribution in [0.1, 0.15) is 87.4 Å². The van der Waals surface area contributed by atoms with Crippen molar-refractivity contribution in [2.45, 2.75) is 70.6 Å². The van der Waals surface area contributed by atoms with E-state index in [4.69, 9.17) is 14.1 Å². The predicted octanol–water partition coefficient (Wildman–Crippen LogP) is 6.17. The second kappa shape index (κ2) is 11.8. The van der Waals surface area contributed by atoms with Gasteiger partial charge in [0.2, 0.25) is 11.8 Å². The van der Waals surface area contributed by atoms with Crippen LogP contribution in [-0.4, -0.2) is 51.2 Å². The second-order valence-corrected chi connectivity index (χ2v) is 12.6. The Morgan fingerprint density at radius 3 is 2.73 bits per heavy atom. The number of hydrogen-bond donors (Lipinski definition) is 1. The number of nitrogens with zero attached hydrogens (tertiary/aromatic N) is 4. The number of benzene rings is 1.